The SMILES string of the molecule is CC1(C)c2cc(-c3nc(-c4cccc(-n5c6ccccc6c6ccccc65)c4)nc4ccccc34)ccc2-n2c3c1cccc3c1oc3ccccc3c12. The normalized spacial score (nSPS) is 13.5. The Kier molecular flexibility index (Phi) is 5.78. The number of furan rings is 1. The standard InChI is InChI=1S/C49H32N4O/c1-49(2)37-20-12-19-36-45(37)53(46-35-18-6-10-24-43(35)54-47(36)46)42-26-25-29(28-38(42)49)44-34-17-3-7-21-39(34)50-48(51-44)30-13-11-14-31(27-30)52-40-22-8-4-15-32(40)33-16-5-9-23-41(33)52/h3-28H,1-2H3. The highest BCUT2D eigenvalue weighted by atomic mass is 16.3. The number of hydrogen-bond donors (Lipinski definition) is 0. The Hall–Kier alpha value is -6.98. The van der Waals surface area contributed by atoms with E-state index < -0.39 is 0 Å². The van der Waals surface area contributed by atoms with Gasteiger partial charge in [0.1, 0.15) is 11.1 Å². The Balaban J connectivity index is 1.07. The third-order valence-corrected chi connectivity index (χ3v) is 11.7. The van der Waals surface area contributed by atoms with Gasteiger partial charge in [-0.25, -0.2) is 9.97 Å². The molecule has 0 amide bonds. The molecule has 0 N–H and O–H groups in total. The third kappa shape index (κ3) is 3.88. The van der Waals surface area contributed by atoms with Gasteiger partial charge in [-0.3, -0.25) is 0 Å². The lowest BCUT2D eigenvalue weighted by atomic mass is 9.74. The van der Waals surface area contributed by atoms with Crippen molar-refractivity contribution in [1.82, 2.24) is 19.1 Å². The molecule has 5 heteroatoms. The van der Waals surface area contributed by atoms with Gasteiger partial charge in [-0.05, 0) is 71.8 Å². The van der Waals surface area contributed by atoms with Gasteiger partial charge < -0.3 is 13.6 Å². The summed E-state index contributed by atoms with van der Waals surface area (Å²) in [5.74, 6) is 0.701. The summed E-state index contributed by atoms with van der Waals surface area (Å²) in [7, 11) is 0. The summed E-state index contributed by atoms with van der Waals surface area (Å²) >= 11 is 0. The molecule has 0 spiro atoms. The number of nitrogens with zero attached hydrogens (tertiary/aromatic N) is 4. The molecule has 0 radical (unpaired) electrons. The van der Waals surface area contributed by atoms with Gasteiger partial charge in [0.05, 0.1) is 33.4 Å². The predicted molar refractivity (Wildman–Crippen MR) is 221 cm³/mol. The van der Waals surface area contributed by atoms with E-state index in [1.165, 1.54) is 44.1 Å². The van der Waals surface area contributed by atoms with Crippen molar-refractivity contribution in [2.45, 2.75) is 19.3 Å². The topological polar surface area (TPSA) is 48.8 Å². The molecule has 1 aliphatic heterocycles. The van der Waals surface area contributed by atoms with E-state index in [4.69, 9.17) is 14.4 Å². The van der Waals surface area contributed by atoms with Gasteiger partial charge in [-0.15, -0.1) is 0 Å². The van der Waals surface area contributed by atoms with Gasteiger partial charge >= 0.3 is 0 Å². The molecule has 5 heterocycles. The molecule has 0 saturated heterocycles. The maximum absolute atomic E-state index is 6.55. The van der Waals surface area contributed by atoms with Crippen molar-refractivity contribution in [2.75, 3.05) is 0 Å². The minimum Gasteiger partial charge on any atom is -0.454 e. The van der Waals surface area contributed by atoms with Crippen LogP contribution in [0.2, 0.25) is 0 Å². The van der Waals surface area contributed by atoms with Crippen LogP contribution in [0.15, 0.2) is 162 Å². The Morgan fingerprint density at radius 2 is 1.19 bits per heavy atom. The van der Waals surface area contributed by atoms with E-state index in [1.54, 1.807) is 0 Å². The highest BCUT2D eigenvalue weighted by Gasteiger charge is 2.37. The van der Waals surface area contributed by atoms with Crippen molar-refractivity contribution in [3.63, 3.8) is 0 Å². The van der Waals surface area contributed by atoms with E-state index in [0.29, 0.717) is 5.82 Å². The zero-order valence-corrected chi connectivity index (χ0v) is 29.7. The van der Waals surface area contributed by atoms with Crippen LogP contribution in [-0.2, 0) is 5.41 Å². The maximum atomic E-state index is 6.55. The van der Waals surface area contributed by atoms with Crippen molar-refractivity contribution in [3.05, 3.63) is 169 Å². The summed E-state index contributed by atoms with van der Waals surface area (Å²) in [6.07, 6.45) is 0. The summed E-state index contributed by atoms with van der Waals surface area (Å²) < 4.78 is 11.3. The predicted octanol–water partition coefficient (Wildman–Crippen LogP) is 12.5. The number of fused-ring (bicyclic) bond motifs is 11. The first-order valence-corrected chi connectivity index (χ1v) is 18.5. The first-order chi connectivity index (χ1) is 26.5. The summed E-state index contributed by atoms with van der Waals surface area (Å²) in [6, 6.07) is 56.1. The Bertz CT molecular complexity index is 3320. The zero-order chi connectivity index (χ0) is 35.7. The fourth-order valence-electron chi connectivity index (χ4n) is 9.20. The van der Waals surface area contributed by atoms with Crippen LogP contribution in [0.4, 0.5) is 0 Å². The van der Waals surface area contributed by atoms with E-state index in [9.17, 15) is 0 Å². The first-order valence-electron chi connectivity index (χ1n) is 18.5. The van der Waals surface area contributed by atoms with E-state index in [-0.39, 0.29) is 5.41 Å². The summed E-state index contributed by atoms with van der Waals surface area (Å²) in [6.45, 7) is 4.68. The quantitative estimate of drug-likeness (QED) is 0.185. The van der Waals surface area contributed by atoms with Crippen LogP contribution in [0.25, 0.3) is 99.7 Å². The molecule has 7 aromatic carbocycles. The molecule has 5 nitrogen and oxygen atoms in total. The lowest BCUT2D eigenvalue weighted by molar-refractivity contribution is 0.630. The molecule has 0 fully saturated rings. The second kappa shape index (κ2) is 10.6. The molecular formula is C49H32N4O. The molecule has 0 bridgehead atoms. The van der Waals surface area contributed by atoms with Crippen LogP contribution < -0.4 is 0 Å². The van der Waals surface area contributed by atoms with Crippen LogP contribution in [-0.4, -0.2) is 19.1 Å². The molecule has 4 aromatic heterocycles. The van der Waals surface area contributed by atoms with Crippen LogP contribution in [0.3, 0.4) is 0 Å². The minimum atomic E-state index is -0.269. The average Bonchev–Trinajstić information content (AvgIpc) is 3.87. The first kappa shape index (κ1) is 29.6. The van der Waals surface area contributed by atoms with Crippen molar-refractivity contribution >= 4 is 65.7 Å². The molecule has 0 atom stereocenters. The molecule has 1 aliphatic rings. The van der Waals surface area contributed by atoms with Gasteiger partial charge in [0.25, 0.3) is 0 Å². The Morgan fingerprint density at radius 3 is 2.00 bits per heavy atom. The molecule has 54 heavy (non-hydrogen) atoms. The second-order valence-corrected chi connectivity index (χ2v) is 15.0. The fraction of sp³-hybridized carbons (Fsp3) is 0.0612. The van der Waals surface area contributed by atoms with Crippen molar-refractivity contribution in [1.29, 1.82) is 0 Å². The van der Waals surface area contributed by atoms with E-state index in [0.717, 1.165) is 60.9 Å². The summed E-state index contributed by atoms with van der Waals surface area (Å²) in [5.41, 5.74) is 14.9. The van der Waals surface area contributed by atoms with Crippen molar-refractivity contribution in [2.24, 2.45) is 0 Å². The number of para-hydroxylation sites is 5. The molecule has 11 aromatic rings. The Labute approximate surface area is 310 Å². The third-order valence-electron chi connectivity index (χ3n) is 11.7. The largest absolute Gasteiger partial charge is 0.454 e. The van der Waals surface area contributed by atoms with Gasteiger partial charge in [-0.1, -0.05) is 111 Å². The van der Waals surface area contributed by atoms with E-state index >= 15 is 0 Å². The van der Waals surface area contributed by atoms with E-state index in [2.05, 4.69) is 175 Å². The number of rotatable bonds is 3. The van der Waals surface area contributed by atoms with Crippen LogP contribution in [0.1, 0.15) is 25.0 Å². The smallest absolute Gasteiger partial charge is 0.161 e. The second-order valence-electron chi connectivity index (χ2n) is 15.0. The number of hydrogen-bond acceptors (Lipinski definition) is 3. The van der Waals surface area contributed by atoms with E-state index in [1.807, 2.05) is 6.07 Å². The van der Waals surface area contributed by atoms with Crippen LogP contribution in [0, 0.1) is 0 Å². The summed E-state index contributed by atoms with van der Waals surface area (Å²) in [4.78, 5) is 10.6. The van der Waals surface area contributed by atoms with Crippen molar-refractivity contribution in [3.8, 4) is 34.0 Å². The zero-order valence-electron chi connectivity index (χ0n) is 29.7. The fourth-order valence-corrected chi connectivity index (χ4v) is 9.20. The molecular weight excluding hydrogens is 661 g/mol. The monoisotopic (exact) mass is 692 g/mol. The van der Waals surface area contributed by atoms with Crippen molar-refractivity contribution < 1.29 is 4.42 Å². The summed E-state index contributed by atoms with van der Waals surface area (Å²) in [5, 5.41) is 5.78. The maximum Gasteiger partial charge on any atom is 0.161 e. The van der Waals surface area contributed by atoms with Crippen LogP contribution >= 0.6 is 0 Å². The minimum absolute atomic E-state index is 0.269. The molecule has 0 aliphatic carbocycles. The molecule has 0 saturated carbocycles. The lowest BCUT2D eigenvalue weighted by Gasteiger charge is -2.35. The molecule has 0 unspecified atom stereocenters. The molecule has 254 valence electrons. The van der Waals surface area contributed by atoms with Gasteiger partial charge in [-0.2, -0.15) is 0 Å². The molecule has 12 rings (SSSR count). The average molecular weight is 693 g/mol. The highest BCUT2D eigenvalue weighted by molar-refractivity contribution is 6.18. The van der Waals surface area contributed by atoms with Crippen LogP contribution in [0.5, 0.6) is 0 Å². The number of aromatic nitrogens is 4. The Morgan fingerprint density at radius 1 is 0.500 bits per heavy atom. The van der Waals surface area contributed by atoms with Gasteiger partial charge in [0.15, 0.2) is 11.4 Å². The van der Waals surface area contributed by atoms with Gasteiger partial charge in [0, 0.05) is 49.2 Å². The van der Waals surface area contributed by atoms with Gasteiger partial charge in [0.2, 0.25) is 0 Å². The number of benzene rings is 7. The lowest BCUT2D eigenvalue weighted by Crippen LogP contribution is -2.26. The highest BCUT2D eigenvalue weighted by Crippen LogP contribution is 2.50.